The van der Waals surface area contributed by atoms with Gasteiger partial charge in [0.05, 0.1) is 21.9 Å². The molecule has 1 aliphatic heterocycles. The molecule has 2 N–H and O–H groups in total. The van der Waals surface area contributed by atoms with Crippen LogP contribution in [0.1, 0.15) is 36.4 Å². The predicted molar refractivity (Wildman–Crippen MR) is 144 cm³/mol. The number of carbonyl (C=O) groups is 2. The van der Waals surface area contributed by atoms with E-state index in [9.17, 15) is 0 Å². The van der Waals surface area contributed by atoms with Crippen LogP contribution in [0.25, 0.3) is 5.69 Å². The second kappa shape index (κ2) is 12.4. The number of fused-ring (bicyclic) bond motifs is 1. The predicted octanol–water partition coefficient (Wildman–Crippen LogP) is 4.97. The Balaban J connectivity index is 0.000000480. The second-order valence-electron chi connectivity index (χ2n) is 9.21. The summed E-state index contributed by atoms with van der Waals surface area (Å²) in [4.78, 5) is 23.3. The van der Waals surface area contributed by atoms with Gasteiger partial charge in [-0.2, -0.15) is 5.10 Å². The lowest BCUT2D eigenvalue weighted by Gasteiger charge is -2.37. The molecule has 2 aliphatic rings. The normalized spacial score (nSPS) is 17.5. The zero-order valence-electron chi connectivity index (χ0n) is 20.4. The Morgan fingerprint density at radius 1 is 0.919 bits per heavy atom. The molecule has 0 saturated carbocycles. The summed E-state index contributed by atoms with van der Waals surface area (Å²) in [5, 5.41) is 20.7. The van der Waals surface area contributed by atoms with E-state index in [-0.39, 0.29) is 0 Å². The van der Waals surface area contributed by atoms with Crippen LogP contribution in [0.5, 0.6) is 0 Å². The van der Waals surface area contributed by atoms with Crippen LogP contribution in [0.2, 0.25) is 10.0 Å². The highest BCUT2D eigenvalue weighted by Crippen LogP contribution is 2.36. The zero-order valence-corrected chi connectivity index (χ0v) is 21.9. The lowest BCUT2D eigenvalue weighted by Crippen LogP contribution is -2.46. The summed E-state index contributed by atoms with van der Waals surface area (Å²) in [6.07, 6.45) is 6.82. The third-order valence-electron chi connectivity index (χ3n) is 6.93. The van der Waals surface area contributed by atoms with Crippen molar-refractivity contribution in [1.82, 2.24) is 14.7 Å². The minimum atomic E-state index is -1.82. The van der Waals surface area contributed by atoms with Crippen LogP contribution in [-0.4, -0.2) is 69.6 Å². The standard InChI is InChI=1S/C25H28Cl2N4.C2H2O4/c26-23-10-9-21(17-24(23)27)31-25-8-4-5-19(22(25)18-28-31)11-12-29-13-15-30(16-14-29)20-6-2-1-3-7-20;3-1(4)2(5)6/h1-3,6-7,9-10,17-19H,4-5,8,11-16H2;(H,3,4)(H,5,6). The van der Waals surface area contributed by atoms with Crippen LogP contribution in [-0.2, 0) is 16.0 Å². The fourth-order valence-corrected chi connectivity index (χ4v) is 5.29. The number of piperazine rings is 1. The Kier molecular flexibility index (Phi) is 9.08. The number of carboxylic acids is 2. The van der Waals surface area contributed by atoms with Gasteiger partial charge >= 0.3 is 11.9 Å². The summed E-state index contributed by atoms with van der Waals surface area (Å²) in [6, 6.07) is 16.5. The van der Waals surface area contributed by atoms with E-state index in [0.29, 0.717) is 16.0 Å². The molecule has 1 fully saturated rings. The molecule has 1 aromatic heterocycles. The number of anilines is 1. The Labute approximate surface area is 226 Å². The maximum Gasteiger partial charge on any atom is 0.414 e. The molecule has 1 unspecified atom stereocenters. The van der Waals surface area contributed by atoms with Crippen molar-refractivity contribution in [2.75, 3.05) is 37.6 Å². The Morgan fingerprint density at radius 3 is 2.27 bits per heavy atom. The molecule has 10 heteroatoms. The first-order valence-corrected chi connectivity index (χ1v) is 13.1. The molecule has 1 saturated heterocycles. The van der Waals surface area contributed by atoms with Crippen LogP contribution in [0.15, 0.2) is 54.7 Å². The highest BCUT2D eigenvalue weighted by atomic mass is 35.5. The second-order valence-corrected chi connectivity index (χ2v) is 10.0. The van der Waals surface area contributed by atoms with E-state index in [2.05, 4.69) is 51.0 Å². The number of aromatic nitrogens is 2. The first-order valence-electron chi connectivity index (χ1n) is 12.3. The molecule has 0 amide bonds. The van der Waals surface area contributed by atoms with Gasteiger partial charge in [0.2, 0.25) is 0 Å². The molecular weight excluding hydrogens is 515 g/mol. The third kappa shape index (κ3) is 6.83. The molecule has 0 radical (unpaired) electrons. The van der Waals surface area contributed by atoms with Gasteiger partial charge in [-0.3, -0.25) is 4.90 Å². The summed E-state index contributed by atoms with van der Waals surface area (Å²) in [6.45, 7) is 5.64. The maximum atomic E-state index is 9.10. The van der Waals surface area contributed by atoms with Crippen molar-refractivity contribution in [3.05, 3.63) is 76.0 Å². The van der Waals surface area contributed by atoms with Crippen molar-refractivity contribution >= 4 is 40.8 Å². The van der Waals surface area contributed by atoms with Crippen molar-refractivity contribution in [1.29, 1.82) is 0 Å². The number of hydrogen-bond donors (Lipinski definition) is 2. The molecule has 3 aromatic rings. The summed E-state index contributed by atoms with van der Waals surface area (Å²) in [5.74, 6) is -3.06. The Morgan fingerprint density at radius 2 is 1.62 bits per heavy atom. The summed E-state index contributed by atoms with van der Waals surface area (Å²) in [5.41, 5.74) is 5.09. The molecule has 1 atom stereocenters. The molecule has 196 valence electrons. The van der Waals surface area contributed by atoms with Gasteiger partial charge in [-0.05, 0) is 74.0 Å². The van der Waals surface area contributed by atoms with Crippen LogP contribution in [0.3, 0.4) is 0 Å². The van der Waals surface area contributed by atoms with E-state index < -0.39 is 11.9 Å². The van der Waals surface area contributed by atoms with Gasteiger partial charge in [-0.15, -0.1) is 0 Å². The number of rotatable bonds is 5. The highest BCUT2D eigenvalue weighted by molar-refractivity contribution is 6.42. The van der Waals surface area contributed by atoms with Gasteiger partial charge in [0.15, 0.2) is 0 Å². The van der Waals surface area contributed by atoms with Crippen molar-refractivity contribution in [2.24, 2.45) is 0 Å². The largest absolute Gasteiger partial charge is 0.473 e. The fourth-order valence-electron chi connectivity index (χ4n) is 5.00. The number of aliphatic carboxylic acids is 2. The summed E-state index contributed by atoms with van der Waals surface area (Å²) >= 11 is 12.3. The minimum absolute atomic E-state index is 0.574. The van der Waals surface area contributed by atoms with E-state index in [1.165, 1.54) is 36.2 Å². The molecule has 5 rings (SSSR count). The highest BCUT2D eigenvalue weighted by Gasteiger charge is 2.26. The van der Waals surface area contributed by atoms with E-state index in [4.69, 9.17) is 48.1 Å². The monoisotopic (exact) mass is 544 g/mol. The van der Waals surface area contributed by atoms with Crippen LogP contribution < -0.4 is 4.90 Å². The third-order valence-corrected chi connectivity index (χ3v) is 7.66. The van der Waals surface area contributed by atoms with Crippen molar-refractivity contribution in [3.8, 4) is 5.69 Å². The van der Waals surface area contributed by atoms with E-state index in [1.54, 1.807) is 0 Å². The van der Waals surface area contributed by atoms with Crippen LogP contribution >= 0.6 is 23.2 Å². The van der Waals surface area contributed by atoms with E-state index >= 15 is 0 Å². The van der Waals surface area contributed by atoms with Crippen molar-refractivity contribution < 1.29 is 19.8 Å². The number of carboxylic acid groups (broad SMARTS) is 2. The van der Waals surface area contributed by atoms with Gasteiger partial charge in [0, 0.05) is 37.6 Å². The lowest BCUT2D eigenvalue weighted by atomic mass is 9.84. The van der Waals surface area contributed by atoms with Gasteiger partial charge < -0.3 is 15.1 Å². The SMILES string of the molecule is Clc1ccc(-n2ncc3c2CCCC3CCN2CCN(c3ccccc3)CC2)cc1Cl.O=C(O)C(=O)O. The van der Waals surface area contributed by atoms with Crippen molar-refractivity contribution in [3.63, 3.8) is 0 Å². The minimum Gasteiger partial charge on any atom is -0.473 e. The van der Waals surface area contributed by atoms with Gasteiger partial charge in [0.25, 0.3) is 0 Å². The average Bonchev–Trinajstić information content (AvgIpc) is 3.35. The first kappa shape index (κ1) is 27.0. The molecule has 2 heterocycles. The first-order chi connectivity index (χ1) is 17.8. The summed E-state index contributed by atoms with van der Waals surface area (Å²) < 4.78 is 2.06. The Bertz CT molecular complexity index is 1210. The Hall–Kier alpha value is -3.07. The lowest BCUT2D eigenvalue weighted by molar-refractivity contribution is -0.159. The molecule has 0 spiro atoms. The van der Waals surface area contributed by atoms with Crippen LogP contribution in [0.4, 0.5) is 5.69 Å². The van der Waals surface area contributed by atoms with Gasteiger partial charge in [-0.25, -0.2) is 14.3 Å². The zero-order chi connectivity index (χ0) is 26.4. The molecule has 8 nitrogen and oxygen atoms in total. The topological polar surface area (TPSA) is 98.9 Å². The van der Waals surface area contributed by atoms with E-state index in [1.807, 2.05) is 18.2 Å². The van der Waals surface area contributed by atoms with E-state index in [0.717, 1.165) is 44.8 Å². The number of benzene rings is 2. The van der Waals surface area contributed by atoms with Crippen LogP contribution in [0, 0.1) is 0 Å². The number of halogens is 2. The molecular formula is C27H30Cl2N4O4. The van der Waals surface area contributed by atoms with Gasteiger partial charge in [0.1, 0.15) is 0 Å². The molecule has 37 heavy (non-hydrogen) atoms. The molecule has 1 aliphatic carbocycles. The number of nitrogens with zero attached hydrogens (tertiary/aromatic N) is 4. The maximum absolute atomic E-state index is 9.10. The van der Waals surface area contributed by atoms with Crippen molar-refractivity contribution in [2.45, 2.75) is 31.6 Å². The number of hydrogen-bond acceptors (Lipinski definition) is 5. The molecule has 2 aromatic carbocycles. The quantitative estimate of drug-likeness (QED) is 0.437. The fraction of sp³-hybridized carbons (Fsp3) is 0.370. The summed E-state index contributed by atoms with van der Waals surface area (Å²) in [7, 11) is 0. The average molecular weight is 545 g/mol. The molecule has 0 bridgehead atoms. The smallest absolute Gasteiger partial charge is 0.414 e. The van der Waals surface area contributed by atoms with Gasteiger partial charge in [-0.1, -0.05) is 41.4 Å². The number of para-hydroxylation sites is 1.